The molecule has 0 saturated carbocycles. The van der Waals surface area contributed by atoms with Crippen LogP contribution in [0.25, 0.3) is 0 Å². The van der Waals surface area contributed by atoms with Crippen molar-refractivity contribution in [3.8, 4) is 0 Å². The van der Waals surface area contributed by atoms with Crippen LogP contribution in [0.15, 0.2) is 29.2 Å². The molecule has 76 valence electrons. The molecule has 0 aliphatic heterocycles. The minimum absolute atomic E-state index is 0.0585. The van der Waals surface area contributed by atoms with E-state index >= 15 is 0 Å². The van der Waals surface area contributed by atoms with Gasteiger partial charge in [0.05, 0.1) is 5.25 Å². The summed E-state index contributed by atoms with van der Waals surface area (Å²) in [6, 6.07) is 6.33. The molecule has 0 amide bonds. The fraction of sp³-hybridized carbons (Fsp3) is 0.364. The Kier molecular flexibility index (Phi) is 4.14. The lowest BCUT2D eigenvalue weighted by molar-refractivity contribution is -0.116. The molecule has 1 atom stereocenters. The van der Waals surface area contributed by atoms with Crippen LogP contribution < -0.4 is 0 Å². The van der Waals surface area contributed by atoms with Crippen molar-refractivity contribution in [2.24, 2.45) is 0 Å². The number of benzene rings is 1. The maximum atomic E-state index is 12.8. The minimum Gasteiger partial charge on any atom is -0.299 e. The summed E-state index contributed by atoms with van der Waals surface area (Å²) in [5, 5.41) is -0.0585. The highest BCUT2D eigenvalue weighted by atomic mass is 32.2. The lowest BCUT2D eigenvalue weighted by Crippen LogP contribution is -2.11. The number of hydrogen-bond donors (Lipinski definition) is 0. The monoisotopic (exact) mass is 212 g/mol. The van der Waals surface area contributed by atoms with Crippen LogP contribution in [0.5, 0.6) is 0 Å². The Bertz CT molecular complexity index is 325. The van der Waals surface area contributed by atoms with Crippen LogP contribution in [0.1, 0.15) is 20.3 Å². The van der Waals surface area contributed by atoms with Gasteiger partial charge in [0.1, 0.15) is 11.6 Å². The van der Waals surface area contributed by atoms with Gasteiger partial charge in [-0.05, 0) is 31.5 Å². The predicted octanol–water partition coefficient (Wildman–Crippen LogP) is 3.29. The molecular weight excluding hydrogens is 199 g/mol. The molecule has 1 aromatic rings. The molecule has 0 aliphatic carbocycles. The van der Waals surface area contributed by atoms with Gasteiger partial charge in [0.15, 0.2) is 0 Å². The van der Waals surface area contributed by atoms with Gasteiger partial charge in [0, 0.05) is 4.90 Å². The van der Waals surface area contributed by atoms with Crippen LogP contribution in [-0.2, 0) is 4.79 Å². The molecule has 1 nitrogen and oxygen atoms in total. The third kappa shape index (κ3) is 3.14. The number of Topliss-reactive ketones (excluding diaryl/α,β-unsaturated/α-hetero) is 1. The van der Waals surface area contributed by atoms with Gasteiger partial charge in [0.25, 0.3) is 0 Å². The Morgan fingerprint density at radius 2 is 2.29 bits per heavy atom. The molecule has 0 fully saturated rings. The maximum Gasteiger partial charge on any atom is 0.143 e. The van der Waals surface area contributed by atoms with Crippen molar-refractivity contribution in [3.63, 3.8) is 0 Å². The summed E-state index contributed by atoms with van der Waals surface area (Å²) in [5.41, 5.74) is 0. The first-order valence-corrected chi connectivity index (χ1v) is 5.44. The van der Waals surface area contributed by atoms with Gasteiger partial charge < -0.3 is 0 Å². The van der Waals surface area contributed by atoms with E-state index in [9.17, 15) is 9.18 Å². The number of carbonyl (C=O) groups excluding carboxylic acids is 1. The molecular formula is C11H13FOS. The average Bonchev–Trinajstić information content (AvgIpc) is 2.14. The van der Waals surface area contributed by atoms with E-state index in [1.807, 2.05) is 13.0 Å². The number of thioether (sulfide) groups is 1. The van der Waals surface area contributed by atoms with Crippen LogP contribution in [0.4, 0.5) is 4.39 Å². The van der Waals surface area contributed by atoms with Crippen molar-refractivity contribution < 1.29 is 9.18 Å². The van der Waals surface area contributed by atoms with Crippen LogP contribution >= 0.6 is 11.8 Å². The first-order chi connectivity index (χ1) is 6.63. The Hall–Kier alpha value is -0.830. The van der Waals surface area contributed by atoms with Gasteiger partial charge in [-0.3, -0.25) is 4.79 Å². The van der Waals surface area contributed by atoms with Crippen LogP contribution in [0.2, 0.25) is 0 Å². The highest BCUT2D eigenvalue weighted by Gasteiger charge is 2.13. The normalized spacial score (nSPS) is 12.5. The highest BCUT2D eigenvalue weighted by molar-refractivity contribution is 8.00. The molecule has 0 aromatic heterocycles. The average molecular weight is 212 g/mol. The van der Waals surface area contributed by atoms with Crippen molar-refractivity contribution in [3.05, 3.63) is 30.1 Å². The standard InChI is InChI=1S/C11H13FOS/c1-3-11(8(2)13)14-10-6-4-5-9(12)7-10/h4-7,11H,3H2,1-2H3. The second-order valence-corrected chi connectivity index (χ2v) is 4.36. The number of rotatable bonds is 4. The second kappa shape index (κ2) is 5.15. The van der Waals surface area contributed by atoms with Crippen LogP contribution in [0.3, 0.4) is 0 Å². The molecule has 3 heteroatoms. The molecule has 0 aliphatic rings. The molecule has 14 heavy (non-hydrogen) atoms. The molecule has 1 unspecified atom stereocenters. The van der Waals surface area contributed by atoms with Crippen molar-refractivity contribution in [2.45, 2.75) is 30.4 Å². The van der Waals surface area contributed by atoms with Gasteiger partial charge >= 0.3 is 0 Å². The molecule has 0 radical (unpaired) electrons. The summed E-state index contributed by atoms with van der Waals surface area (Å²) < 4.78 is 12.8. The largest absolute Gasteiger partial charge is 0.299 e. The fourth-order valence-electron chi connectivity index (χ4n) is 1.16. The van der Waals surface area contributed by atoms with Gasteiger partial charge in [-0.25, -0.2) is 4.39 Å². The zero-order valence-electron chi connectivity index (χ0n) is 8.29. The summed E-state index contributed by atoms with van der Waals surface area (Å²) in [6.07, 6.45) is 0.774. The number of ketones is 1. The molecule has 0 spiro atoms. The maximum absolute atomic E-state index is 12.8. The number of hydrogen-bond acceptors (Lipinski definition) is 2. The van der Waals surface area contributed by atoms with Crippen molar-refractivity contribution in [2.75, 3.05) is 0 Å². The zero-order valence-corrected chi connectivity index (χ0v) is 9.10. The smallest absolute Gasteiger partial charge is 0.143 e. The molecule has 1 aromatic carbocycles. The van der Waals surface area contributed by atoms with Crippen LogP contribution in [-0.4, -0.2) is 11.0 Å². The lowest BCUT2D eigenvalue weighted by Gasteiger charge is -2.10. The van der Waals surface area contributed by atoms with E-state index < -0.39 is 0 Å². The first kappa shape index (κ1) is 11.2. The first-order valence-electron chi connectivity index (χ1n) is 4.56. The van der Waals surface area contributed by atoms with Crippen molar-refractivity contribution >= 4 is 17.5 Å². The third-order valence-electron chi connectivity index (χ3n) is 1.90. The van der Waals surface area contributed by atoms with Gasteiger partial charge in [0.2, 0.25) is 0 Å². The predicted molar refractivity (Wildman–Crippen MR) is 57.0 cm³/mol. The minimum atomic E-state index is -0.256. The Morgan fingerprint density at radius 1 is 1.57 bits per heavy atom. The quantitative estimate of drug-likeness (QED) is 0.712. The Labute approximate surface area is 87.7 Å². The third-order valence-corrected chi connectivity index (χ3v) is 3.37. The van der Waals surface area contributed by atoms with Crippen molar-refractivity contribution in [1.82, 2.24) is 0 Å². The summed E-state index contributed by atoms with van der Waals surface area (Å²) in [5.74, 6) is -0.116. The van der Waals surface area contributed by atoms with E-state index in [4.69, 9.17) is 0 Å². The van der Waals surface area contributed by atoms with E-state index in [2.05, 4.69) is 0 Å². The van der Waals surface area contributed by atoms with Gasteiger partial charge in [-0.15, -0.1) is 11.8 Å². The number of halogens is 1. The van der Waals surface area contributed by atoms with E-state index in [-0.39, 0.29) is 16.9 Å². The highest BCUT2D eigenvalue weighted by Crippen LogP contribution is 2.26. The lowest BCUT2D eigenvalue weighted by atomic mass is 10.2. The van der Waals surface area contributed by atoms with Gasteiger partial charge in [-0.2, -0.15) is 0 Å². The van der Waals surface area contributed by atoms with Crippen LogP contribution in [0, 0.1) is 5.82 Å². The van der Waals surface area contributed by atoms with E-state index in [0.29, 0.717) is 0 Å². The van der Waals surface area contributed by atoms with Gasteiger partial charge in [-0.1, -0.05) is 13.0 Å². The van der Waals surface area contributed by atoms with E-state index in [1.54, 1.807) is 13.0 Å². The molecule has 1 rings (SSSR count). The molecule has 0 bridgehead atoms. The molecule has 0 heterocycles. The number of carbonyl (C=O) groups is 1. The van der Waals surface area contributed by atoms with Crippen molar-refractivity contribution in [1.29, 1.82) is 0 Å². The SMILES string of the molecule is CCC(Sc1cccc(F)c1)C(C)=O. The van der Waals surface area contributed by atoms with E-state index in [0.717, 1.165) is 11.3 Å². The summed E-state index contributed by atoms with van der Waals surface area (Å²) in [4.78, 5) is 12.0. The summed E-state index contributed by atoms with van der Waals surface area (Å²) >= 11 is 1.42. The Morgan fingerprint density at radius 3 is 2.79 bits per heavy atom. The second-order valence-electron chi connectivity index (χ2n) is 3.08. The summed E-state index contributed by atoms with van der Waals surface area (Å²) in [7, 11) is 0. The molecule has 0 saturated heterocycles. The fourth-order valence-corrected chi connectivity index (χ4v) is 2.16. The zero-order chi connectivity index (χ0) is 10.6. The molecule has 0 N–H and O–H groups in total. The topological polar surface area (TPSA) is 17.1 Å². The summed E-state index contributed by atoms with van der Waals surface area (Å²) in [6.45, 7) is 3.53. The van der Waals surface area contributed by atoms with E-state index in [1.165, 1.54) is 23.9 Å². The Balaban J connectivity index is 2.72.